The first-order valence-electron chi connectivity index (χ1n) is 5.75. The van der Waals surface area contributed by atoms with Gasteiger partial charge in [0.1, 0.15) is 5.82 Å². The predicted molar refractivity (Wildman–Crippen MR) is 70.2 cm³/mol. The van der Waals surface area contributed by atoms with Gasteiger partial charge in [0.15, 0.2) is 0 Å². The van der Waals surface area contributed by atoms with E-state index in [9.17, 15) is 5.11 Å². The summed E-state index contributed by atoms with van der Waals surface area (Å²) in [5, 5.41) is 12.9. The summed E-state index contributed by atoms with van der Waals surface area (Å²) in [6.45, 7) is 3.42. The minimum atomic E-state index is -0.286. The molecule has 94 valence electrons. The van der Waals surface area contributed by atoms with Crippen molar-refractivity contribution < 1.29 is 9.84 Å². The first kappa shape index (κ1) is 12.8. The third-order valence-corrected chi connectivity index (χ3v) is 4.01. The molecular formula is C12H17BrN2O2. The van der Waals surface area contributed by atoms with Gasteiger partial charge < -0.3 is 15.2 Å². The minimum absolute atomic E-state index is 0.104. The van der Waals surface area contributed by atoms with Crippen molar-refractivity contribution in [1.29, 1.82) is 0 Å². The Hall–Kier alpha value is -0.650. The lowest BCUT2D eigenvalue weighted by Crippen LogP contribution is -2.47. The van der Waals surface area contributed by atoms with Crippen molar-refractivity contribution in [2.45, 2.75) is 25.3 Å². The number of aliphatic hydroxyl groups excluding tert-OH is 1. The van der Waals surface area contributed by atoms with E-state index in [0.29, 0.717) is 13.2 Å². The van der Waals surface area contributed by atoms with Crippen molar-refractivity contribution in [3.63, 3.8) is 0 Å². The molecule has 0 bridgehead atoms. The van der Waals surface area contributed by atoms with Crippen molar-refractivity contribution in [2.24, 2.45) is 0 Å². The highest BCUT2D eigenvalue weighted by molar-refractivity contribution is 9.10. The summed E-state index contributed by atoms with van der Waals surface area (Å²) in [7, 11) is 0. The summed E-state index contributed by atoms with van der Waals surface area (Å²) >= 11 is 3.43. The number of rotatable bonds is 3. The van der Waals surface area contributed by atoms with Crippen LogP contribution >= 0.6 is 15.9 Å². The van der Waals surface area contributed by atoms with Crippen LogP contribution < -0.4 is 5.32 Å². The third-order valence-electron chi connectivity index (χ3n) is 3.17. The maximum atomic E-state index is 9.57. The van der Waals surface area contributed by atoms with E-state index in [2.05, 4.69) is 26.2 Å². The number of aliphatic hydroxyl groups is 1. The average molecular weight is 301 g/mol. The normalized spacial score (nSPS) is 19.0. The van der Waals surface area contributed by atoms with Crippen LogP contribution in [0.15, 0.2) is 16.6 Å². The van der Waals surface area contributed by atoms with Crippen LogP contribution in [0.2, 0.25) is 0 Å². The summed E-state index contributed by atoms with van der Waals surface area (Å²) in [5.41, 5.74) is 0.654. The SMILES string of the molecule is Cc1nc(NC2(CO)CCOCC2)ccc1Br. The lowest BCUT2D eigenvalue weighted by atomic mass is 9.91. The number of halogens is 1. The van der Waals surface area contributed by atoms with E-state index in [1.807, 2.05) is 19.1 Å². The van der Waals surface area contributed by atoms with Crippen molar-refractivity contribution in [2.75, 3.05) is 25.1 Å². The lowest BCUT2D eigenvalue weighted by Gasteiger charge is -2.36. The number of ether oxygens (including phenoxy) is 1. The molecule has 1 aliphatic heterocycles. The maximum Gasteiger partial charge on any atom is 0.126 e. The van der Waals surface area contributed by atoms with Crippen molar-refractivity contribution >= 4 is 21.7 Å². The molecule has 1 fully saturated rings. The van der Waals surface area contributed by atoms with Crippen LogP contribution in [-0.4, -0.2) is 35.5 Å². The smallest absolute Gasteiger partial charge is 0.126 e. The molecule has 5 heteroatoms. The van der Waals surface area contributed by atoms with Crippen LogP contribution in [0, 0.1) is 6.92 Å². The molecule has 0 unspecified atom stereocenters. The third kappa shape index (κ3) is 2.97. The van der Waals surface area contributed by atoms with Gasteiger partial charge in [-0.05, 0) is 47.8 Å². The van der Waals surface area contributed by atoms with Gasteiger partial charge in [-0.15, -0.1) is 0 Å². The zero-order valence-electron chi connectivity index (χ0n) is 9.87. The lowest BCUT2D eigenvalue weighted by molar-refractivity contribution is 0.0378. The topological polar surface area (TPSA) is 54.4 Å². The fourth-order valence-corrected chi connectivity index (χ4v) is 2.19. The minimum Gasteiger partial charge on any atom is -0.394 e. The van der Waals surface area contributed by atoms with Crippen molar-refractivity contribution in [1.82, 2.24) is 4.98 Å². The number of nitrogens with zero attached hydrogens (tertiary/aromatic N) is 1. The number of aryl methyl sites for hydroxylation is 1. The Kier molecular flexibility index (Phi) is 4.01. The van der Waals surface area contributed by atoms with Crippen LogP contribution in [0.1, 0.15) is 18.5 Å². The summed E-state index contributed by atoms with van der Waals surface area (Å²) in [4.78, 5) is 4.45. The number of hydrogen-bond acceptors (Lipinski definition) is 4. The standard InChI is InChI=1S/C12H17BrN2O2/c1-9-10(13)2-3-11(14-9)15-12(8-16)4-6-17-7-5-12/h2-3,16H,4-8H2,1H3,(H,14,15). The zero-order chi connectivity index (χ0) is 12.3. The Bertz CT molecular complexity index is 392. The molecule has 1 saturated heterocycles. The fourth-order valence-electron chi connectivity index (χ4n) is 1.97. The Morgan fingerprint density at radius 1 is 1.47 bits per heavy atom. The molecule has 0 radical (unpaired) electrons. The number of anilines is 1. The van der Waals surface area contributed by atoms with Crippen LogP contribution in [0.25, 0.3) is 0 Å². The maximum absolute atomic E-state index is 9.57. The Morgan fingerprint density at radius 2 is 2.18 bits per heavy atom. The molecule has 1 aromatic rings. The van der Waals surface area contributed by atoms with Gasteiger partial charge in [0.25, 0.3) is 0 Å². The van der Waals surface area contributed by atoms with Crippen molar-refractivity contribution in [3.05, 3.63) is 22.3 Å². The summed E-state index contributed by atoms with van der Waals surface area (Å²) in [5.74, 6) is 0.807. The quantitative estimate of drug-likeness (QED) is 0.898. The van der Waals surface area contributed by atoms with Gasteiger partial charge in [0, 0.05) is 17.7 Å². The Balaban J connectivity index is 2.14. The van der Waals surface area contributed by atoms with Crippen molar-refractivity contribution in [3.8, 4) is 0 Å². The van der Waals surface area contributed by atoms with E-state index in [1.165, 1.54) is 0 Å². The molecule has 2 N–H and O–H groups in total. The van der Waals surface area contributed by atoms with Gasteiger partial charge in [-0.1, -0.05) is 0 Å². The van der Waals surface area contributed by atoms with E-state index < -0.39 is 0 Å². The highest BCUT2D eigenvalue weighted by atomic mass is 79.9. The molecular weight excluding hydrogens is 284 g/mol. The molecule has 2 rings (SSSR count). The molecule has 0 aromatic carbocycles. The largest absolute Gasteiger partial charge is 0.394 e. The first-order chi connectivity index (χ1) is 8.15. The summed E-state index contributed by atoms with van der Waals surface area (Å²) in [6, 6.07) is 3.89. The number of hydrogen-bond donors (Lipinski definition) is 2. The first-order valence-corrected chi connectivity index (χ1v) is 6.54. The molecule has 4 nitrogen and oxygen atoms in total. The van der Waals surface area contributed by atoms with Gasteiger partial charge in [-0.3, -0.25) is 0 Å². The number of pyridine rings is 1. The molecule has 0 atom stereocenters. The van der Waals surface area contributed by atoms with Gasteiger partial charge in [0.05, 0.1) is 17.8 Å². The van der Waals surface area contributed by atoms with Gasteiger partial charge in [-0.2, -0.15) is 0 Å². The van der Waals surface area contributed by atoms with E-state index in [0.717, 1.165) is 28.8 Å². The highest BCUT2D eigenvalue weighted by Crippen LogP contribution is 2.26. The second-order valence-electron chi connectivity index (χ2n) is 4.44. The monoisotopic (exact) mass is 300 g/mol. The number of aromatic nitrogens is 1. The number of nitrogens with one attached hydrogen (secondary N) is 1. The highest BCUT2D eigenvalue weighted by Gasteiger charge is 2.32. The van der Waals surface area contributed by atoms with Gasteiger partial charge in [-0.25, -0.2) is 4.98 Å². The van der Waals surface area contributed by atoms with E-state index in [1.54, 1.807) is 0 Å². The second kappa shape index (κ2) is 5.33. The van der Waals surface area contributed by atoms with E-state index in [4.69, 9.17) is 4.74 Å². The zero-order valence-corrected chi connectivity index (χ0v) is 11.5. The van der Waals surface area contributed by atoms with Crippen LogP contribution in [0.4, 0.5) is 5.82 Å². The molecule has 1 aliphatic rings. The van der Waals surface area contributed by atoms with E-state index >= 15 is 0 Å². The molecule has 0 amide bonds. The predicted octanol–water partition coefficient (Wildman–Crippen LogP) is 2.11. The molecule has 0 saturated carbocycles. The van der Waals surface area contributed by atoms with Gasteiger partial charge in [0.2, 0.25) is 0 Å². The van der Waals surface area contributed by atoms with Crippen LogP contribution in [0.5, 0.6) is 0 Å². The van der Waals surface area contributed by atoms with Gasteiger partial charge >= 0.3 is 0 Å². The molecule has 0 aliphatic carbocycles. The second-order valence-corrected chi connectivity index (χ2v) is 5.29. The average Bonchev–Trinajstić information content (AvgIpc) is 2.35. The summed E-state index contributed by atoms with van der Waals surface area (Å²) in [6.07, 6.45) is 1.61. The fraction of sp³-hybridized carbons (Fsp3) is 0.583. The molecule has 2 heterocycles. The Morgan fingerprint density at radius 3 is 2.76 bits per heavy atom. The van der Waals surface area contributed by atoms with Crippen LogP contribution in [0.3, 0.4) is 0 Å². The van der Waals surface area contributed by atoms with E-state index in [-0.39, 0.29) is 12.1 Å². The molecule has 0 spiro atoms. The molecule has 17 heavy (non-hydrogen) atoms. The summed E-state index contributed by atoms with van der Waals surface area (Å²) < 4.78 is 6.32. The Labute approximate surface area is 110 Å². The van der Waals surface area contributed by atoms with Crippen LogP contribution in [-0.2, 0) is 4.74 Å². The molecule has 1 aromatic heterocycles.